The Balaban J connectivity index is 0. The standard InChI is InChI=1S/C8H16O.V/c1-3-4-5-6-7-8(2)9;/h3-7H2,1-2H3;. The molecule has 1 radical (unpaired) electrons. The summed E-state index contributed by atoms with van der Waals surface area (Å²) in [6.45, 7) is 3.83. The summed E-state index contributed by atoms with van der Waals surface area (Å²) in [5, 5.41) is 0. The maximum Gasteiger partial charge on any atom is 0.129 e. The van der Waals surface area contributed by atoms with Gasteiger partial charge >= 0.3 is 0 Å². The summed E-state index contributed by atoms with van der Waals surface area (Å²) in [6.07, 6.45) is 5.60. The molecule has 0 spiro atoms. The summed E-state index contributed by atoms with van der Waals surface area (Å²) in [7, 11) is 0. The van der Waals surface area contributed by atoms with Gasteiger partial charge in [-0.3, -0.25) is 0 Å². The molecule has 0 unspecified atom stereocenters. The Hall–Kier alpha value is 0.254. The van der Waals surface area contributed by atoms with Crippen molar-refractivity contribution < 1.29 is 23.4 Å². The molecule has 1 nitrogen and oxygen atoms in total. The molecule has 0 saturated carbocycles. The van der Waals surface area contributed by atoms with Crippen molar-refractivity contribution in [2.45, 2.75) is 46.0 Å². The number of ketones is 1. The minimum absolute atomic E-state index is 0. The molecule has 0 aromatic carbocycles. The molecule has 0 atom stereocenters. The van der Waals surface area contributed by atoms with E-state index in [1.165, 1.54) is 19.3 Å². The Morgan fingerprint density at radius 1 is 1.20 bits per heavy atom. The van der Waals surface area contributed by atoms with Crippen LogP contribution in [0.2, 0.25) is 0 Å². The van der Waals surface area contributed by atoms with Crippen LogP contribution >= 0.6 is 0 Å². The number of unbranched alkanes of at least 4 members (excludes halogenated alkanes) is 3. The first-order valence-electron chi connectivity index (χ1n) is 3.76. The second kappa shape index (κ2) is 9.25. The van der Waals surface area contributed by atoms with Crippen LogP contribution in [0.4, 0.5) is 0 Å². The Kier molecular flexibility index (Phi) is 11.9. The number of hydrogen-bond acceptors (Lipinski definition) is 1. The summed E-state index contributed by atoms with van der Waals surface area (Å²) in [4.78, 5) is 10.4. The molecule has 0 N–H and O–H groups in total. The van der Waals surface area contributed by atoms with E-state index in [1.807, 2.05) is 0 Å². The molecule has 59 valence electrons. The normalized spacial score (nSPS) is 8.60. The Morgan fingerprint density at radius 3 is 2.20 bits per heavy atom. The largest absolute Gasteiger partial charge is 0.300 e. The number of hydrogen-bond donors (Lipinski definition) is 0. The zero-order valence-electron chi connectivity index (χ0n) is 6.89. The third-order valence-electron chi connectivity index (χ3n) is 1.38. The third kappa shape index (κ3) is 11.1. The number of carbonyl (C=O) groups is 1. The summed E-state index contributed by atoms with van der Waals surface area (Å²) in [5.41, 5.74) is 0. The van der Waals surface area contributed by atoms with Crippen LogP contribution in [0, 0.1) is 0 Å². The molecule has 10 heavy (non-hydrogen) atoms. The van der Waals surface area contributed by atoms with Crippen molar-refractivity contribution in [2.75, 3.05) is 0 Å². The van der Waals surface area contributed by atoms with E-state index in [2.05, 4.69) is 6.92 Å². The molecule has 0 heterocycles. The first-order chi connectivity index (χ1) is 4.27. The van der Waals surface area contributed by atoms with Gasteiger partial charge in [-0.1, -0.05) is 26.2 Å². The summed E-state index contributed by atoms with van der Waals surface area (Å²) < 4.78 is 0. The topological polar surface area (TPSA) is 17.1 Å². The molecule has 0 rings (SSSR count). The van der Waals surface area contributed by atoms with E-state index in [9.17, 15) is 4.79 Å². The fourth-order valence-electron chi connectivity index (χ4n) is 0.801. The zero-order valence-corrected chi connectivity index (χ0v) is 8.29. The average Bonchev–Trinajstić information content (AvgIpc) is 1.80. The average molecular weight is 179 g/mol. The van der Waals surface area contributed by atoms with Crippen molar-refractivity contribution in [3.8, 4) is 0 Å². The second-order valence-corrected chi connectivity index (χ2v) is 2.51. The predicted molar refractivity (Wildman–Crippen MR) is 39.4 cm³/mol. The fraction of sp³-hybridized carbons (Fsp3) is 0.875. The maximum absolute atomic E-state index is 10.4. The minimum Gasteiger partial charge on any atom is -0.300 e. The van der Waals surface area contributed by atoms with E-state index in [0.29, 0.717) is 5.78 Å². The quantitative estimate of drug-likeness (QED) is 0.593. The van der Waals surface area contributed by atoms with Crippen molar-refractivity contribution >= 4 is 5.78 Å². The van der Waals surface area contributed by atoms with Crippen molar-refractivity contribution in [3.63, 3.8) is 0 Å². The van der Waals surface area contributed by atoms with Crippen LogP contribution in [0.3, 0.4) is 0 Å². The van der Waals surface area contributed by atoms with Crippen molar-refractivity contribution in [3.05, 3.63) is 0 Å². The molecule has 0 bridgehead atoms. The van der Waals surface area contributed by atoms with E-state index >= 15 is 0 Å². The minimum atomic E-state index is 0. The van der Waals surface area contributed by atoms with Gasteiger partial charge in [0.2, 0.25) is 0 Å². The summed E-state index contributed by atoms with van der Waals surface area (Å²) >= 11 is 0. The van der Waals surface area contributed by atoms with Gasteiger partial charge in [0.25, 0.3) is 0 Å². The van der Waals surface area contributed by atoms with Gasteiger partial charge in [-0.05, 0) is 13.3 Å². The molecule has 0 aliphatic rings. The molecular weight excluding hydrogens is 163 g/mol. The Bertz CT molecular complexity index is 81.3. The van der Waals surface area contributed by atoms with Crippen molar-refractivity contribution in [1.29, 1.82) is 0 Å². The Labute approximate surface area is 75.5 Å². The van der Waals surface area contributed by atoms with E-state index in [1.54, 1.807) is 6.92 Å². The number of Topliss-reactive ketones (excluding diaryl/α,β-unsaturated/α-hetero) is 1. The first kappa shape index (κ1) is 12.9. The number of rotatable bonds is 5. The van der Waals surface area contributed by atoms with E-state index in [4.69, 9.17) is 0 Å². The van der Waals surface area contributed by atoms with Crippen LogP contribution in [0.25, 0.3) is 0 Å². The van der Waals surface area contributed by atoms with Gasteiger partial charge in [0.15, 0.2) is 0 Å². The SMILES string of the molecule is CCCCCCC(C)=O.[V]. The fourth-order valence-corrected chi connectivity index (χ4v) is 0.801. The molecule has 2 heteroatoms. The molecule has 0 aliphatic carbocycles. The predicted octanol–water partition coefficient (Wildman–Crippen LogP) is 2.54. The third-order valence-corrected chi connectivity index (χ3v) is 1.38. The van der Waals surface area contributed by atoms with Gasteiger partial charge in [-0.25, -0.2) is 0 Å². The summed E-state index contributed by atoms with van der Waals surface area (Å²) in [6, 6.07) is 0. The van der Waals surface area contributed by atoms with Crippen LogP contribution in [-0.4, -0.2) is 5.78 Å². The molecule has 0 aromatic rings. The van der Waals surface area contributed by atoms with E-state index < -0.39 is 0 Å². The van der Waals surface area contributed by atoms with Crippen molar-refractivity contribution in [2.24, 2.45) is 0 Å². The molecule has 0 fully saturated rings. The maximum atomic E-state index is 10.4. The van der Waals surface area contributed by atoms with E-state index in [-0.39, 0.29) is 18.6 Å². The number of carbonyl (C=O) groups excluding carboxylic acids is 1. The van der Waals surface area contributed by atoms with Gasteiger partial charge in [-0.2, -0.15) is 0 Å². The van der Waals surface area contributed by atoms with Gasteiger partial charge in [-0.15, -0.1) is 0 Å². The monoisotopic (exact) mass is 179 g/mol. The van der Waals surface area contributed by atoms with Gasteiger partial charge in [0.05, 0.1) is 0 Å². The molecule has 0 aromatic heterocycles. The van der Waals surface area contributed by atoms with Crippen LogP contribution in [-0.2, 0) is 23.4 Å². The van der Waals surface area contributed by atoms with Gasteiger partial charge in [0.1, 0.15) is 5.78 Å². The Morgan fingerprint density at radius 2 is 1.80 bits per heavy atom. The van der Waals surface area contributed by atoms with E-state index in [0.717, 1.165) is 12.8 Å². The van der Waals surface area contributed by atoms with Crippen LogP contribution < -0.4 is 0 Å². The van der Waals surface area contributed by atoms with Crippen LogP contribution in [0.5, 0.6) is 0 Å². The molecule has 0 saturated heterocycles. The zero-order chi connectivity index (χ0) is 7.11. The van der Waals surface area contributed by atoms with Crippen LogP contribution in [0.1, 0.15) is 46.0 Å². The van der Waals surface area contributed by atoms with Crippen LogP contribution in [0.15, 0.2) is 0 Å². The molecule has 0 amide bonds. The smallest absolute Gasteiger partial charge is 0.129 e. The second-order valence-electron chi connectivity index (χ2n) is 2.51. The molecular formula is C8H16OV. The molecule has 0 aliphatic heterocycles. The van der Waals surface area contributed by atoms with Gasteiger partial charge in [0, 0.05) is 25.0 Å². The first-order valence-corrected chi connectivity index (χ1v) is 3.76. The summed E-state index contributed by atoms with van der Waals surface area (Å²) in [5.74, 6) is 0.325. The van der Waals surface area contributed by atoms with Gasteiger partial charge < -0.3 is 4.79 Å². The van der Waals surface area contributed by atoms with Crippen molar-refractivity contribution in [1.82, 2.24) is 0 Å².